The normalized spacial score (nSPS) is 11.4. The standard InChI is InChI=1S/C17H12N8/c18-17-21-15(10-4-2-1-3-5-10)14(16-19-9-20-25(16)17)11-6-7-12-13(8-11)23-24-22-12/h1-9H,(H2,18,21)(H,22,23,24). The second kappa shape index (κ2) is 5.10. The van der Waals surface area contributed by atoms with Gasteiger partial charge in [-0.15, -0.1) is 5.10 Å². The minimum atomic E-state index is 0.289. The van der Waals surface area contributed by atoms with Gasteiger partial charge in [0.1, 0.15) is 11.8 Å². The van der Waals surface area contributed by atoms with Crippen molar-refractivity contribution in [2.24, 2.45) is 0 Å². The summed E-state index contributed by atoms with van der Waals surface area (Å²) >= 11 is 0. The zero-order chi connectivity index (χ0) is 16.8. The van der Waals surface area contributed by atoms with E-state index in [2.05, 4.69) is 30.5 Å². The second-order valence-corrected chi connectivity index (χ2v) is 5.60. The van der Waals surface area contributed by atoms with Crippen LogP contribution in [0.3, 0.4) is 0 Å². The smallest absolute Gasteiger partial charge is 0.223 e. The first-order chi connectivity index (χ1) is 12.3. The highest BCUT2D eigenvalue weighted by molar-refractivity contribution is 5.93. The van der Waals surface area contributed by atoms with Gasteiger partial charge < -0.3 is 5.73 Å². The van der Waals surface area contributed by atoms with E-state index in [9.17, 15) is 0 Å². The third-order valence-electron chi connectivity index (χ3n) is 4.11. The first-order valence-electron chi connectivity index (χ1n) is 7.67. The number of benzene rings is 2. The fourth-order valence-electron chi connectivity index (χ4n) is 2.97. The van der Waals surface area contributed by atoms with E-state index < -0.39 is 0 Å². The molecular weight excluding hydrogens is 316 g/mol. The van der Waals surface area contributed by atoms with Gasteiger partial charge in [0, 0.05) is 5.56 Å². The lowest BCUT2D eigenvalue weighted by molar-refractivity contribution is 0.942. The Labute approximate surface area is 141 Å². The Morgan fingerprint density at radius 2 is 1.88 bits per heavy atom. The number of nitrogens with one attached hydrogen (secondary N) is 1. The minimum absolute atomic E-state index is 0.289. The third-order valence-corrected chi connectivity index (χ3v) is 4.11. The quantitative estimate of drug-likeness (QED) is 0.514. The van der Waals surface area contributed by atoms with E-state index in [-0.39, 0.29) is 5.95 Å². The number of rotatable bonds is 2. The average molecular weight is 328 g/mol. The van der Waals surface area contributed by atoms with E-state index >= 15 is 0 Å². The Morgan fingerprint density at radius 1 is 1.00 bits per heavy atom. The van der Waals surface area contributed by atoms with Crippen LogP contribution in [0.25, 0.3) is 39.1 Å². The van der Waals surface area contributed by atoms with E-state index in [1.807, 2.05) is 48.5 Å². The number of hydrogen-bond acceptors (Lipinski definition) is 6. The summed E-state index contributed by atoms with van der Waals surface area (Å²) in [6.07, 6.45) is 1.47. The van der Waals surface area contributed by atoms with Crippen molar-refractivity contribution in [1.82, 2.24) is 35.0 Å². The molecule has 25 heavy (non-hydrogen) atoms. The van der Waals surface area contributed by atoms with Crippen LogP contribution in [-0.4, -0.2) is 35.0 Å². The van der Waals surface area contributed by atoms with Crippen LogP contribution in [0, 0.1) is 0 Å². The number of anilines is 1. The van der Waals surface area contributed by atoms with Gasteiger partial charge in [-0.25, -0.2) is 9.97 Å². The zero-order valence-electron chi connectivity index (χ0n) is 13.0. The lowest BCUT2D eigenvalue weighted by Gasteiger charge is -2.12. The molecule has 0 aliphatic heterocycles. The van der Waals surface area contributed by atoms with Crippen LogP contribution in [0.5, 0.6) is 0 Å². The lowest BCUT2D eigenvalue weighted by atomic mass is 9.99. The van der Waals surface area contributed by atoms with Crippen molar-refractivity contribution in [3.8, 4) is 22.4 Å². The molecule has 5 aromatic rings. The molecule has 0 saturated heterocycles. The van der Waals surface area contributed by atoms with Gasteiger partial charge in [-0.05, 0) is 17.7 Å². The van der Waals surface area contributed by atoms with Crippen molar-refractivity contribution in [2.75, 3.05) is 5.73 Å². The predicted octanol–water partition coefficient (Wildman–Crippen LogP) is 2.31. The van der Waals surface area contributed by atoms with Gasteiger partial charge in [0.2, 0.25) is 5.95 Å². The van der Waals surface area contributed by atoms with Crippen LogP contribution in [0.2, 0.25) is 0 Å². The summed E-state index contributed by atoms with van der Waals surface area (Å²) in [4.78, 5) is 8.98. The number of nitrogens with two attached hydrogens (primary N) is 1. The van der Waals surface area contributed by atoms with E-state index in [0.717, 1.165) is 33.4 Å². The largest absolute Gasteiger partial charge is 0.368 e. The van der Waals surface area contributed by atoms with Crippen molar-refractivity contribution in [3.63, 3.8) is 0 Å². The summed E-state index contributed by atoms with van der Waals surface area (Å²) in [6.45, 7) is 0. The molecule has 0 amide bonds. The average Bonchev–Trinajstić information content (AvgIpc) is 3.31. The summed E-state index contributed by atoms with van der Waals surface area (Å²) in [5.41, 5.74) is 11.8. The molecule has 0 radical (unpaired) electrons. The van der Waals surface area contributed by atoms with Crippen molar-refractivity contribution in [2.45, 2.75) is 0 Å². The SMILES string of the molecule is Nc1nc(-c2ccccc2)c(-c2ccc3[nH]nnc3c2)c2ncnn12. The fraction of sp³-hybridized carbons (Fsp3) is 0. The van der Waals surface area contributed by atoms with E-state index in [1.165, 1.54) is 10.8 Å². The molecule has 0 unspecified atom stereocenters. The number of nitrogens with zero attached hydrogens (tertiary/aromatic N) is 6. The van der Waals surface area contributed by atoms with Gasteiger partial charge in [-0.1, -0.05) is 41.6 Å². The number of H-pyrrole nitrogens is 1. The van der Waals surface area contributed by atoms with Gasteiger partial charge in [-0.3, -0.25) is 5.10 Å². The van der Waals surface area contributed by atoms with E-state index in [0.29, 0.717) is 5.65 Å². The molecule has 3 heterocycles. The Hall–Kier alpha value is -3.81. The van der Waals surface area contributed by atoms with Gasteiger partial charge in [0.15, 0.2) is 5.65 Å². The van der Waals surface area contributed by atoms with Crippen molar-refractivity contribution >= 4 is 22.6 Å². The first-order valence-corrected chi connectivity index (χ1v) is 7.67. The molecule has 0 bridgehead atoms. The van der Waals surface area contributed by atoms with Crippen LogP contribution in [0.1, 0.15) is 0 Å². The molecule has 3 N–H and O–H groups in total. The molecule has 0 saturated carbocycles. The lowest BCUT2D eigenvalue weighted by Crippen LogP contribution is -2.05. The van der Waals surface area contributed by atoms with Gasteiger partial charge in [0.25, 0.3) is 0 Å². The van der Waals surface area contributed by atoms with Crippen molar-refractivity contribution in [3.05, 3.63) is 54.9 Å². The number of aromatic amines is 1. The molecule has 0 fully saturated rings. The number of fused-ring (bicyclic) bond motifs is 2. The summed E-state index contributed by atoms with van der Waals surface area (Å²) < 4.78 is 1.54. The van der Waals surface area contributed by atoms with E-state index in [4.69, 9.17) is 5.73 Å². The molecule has 0 spiro atoms. The molecule has 3 aromatic heterocycles. The van der Waals surface area contributed by atoms with Gasteiger partial charge in [0.05, 0.1) is 16.8 Å². The molecule has 120 valence electrons. The van der Waals surface area contributed by atoms with Crippen LogP contribution >= 0.6 is 0 Å². The first kappa shape index (κ1) is 13.6. The van der Waals surface area contributed by atoms with Gasteiger partial charge >= 0.3 is 0 Å². The number of nitrogen functional groups attached to an aromatic ring is 1. The molecule has 2 aromatic carbocycles. The fourth-order valence-corrected chi connectivity index (χ4v) is 2.97. The molecular formula is C17H12N8. The van der Waals surface area contributed by atoms with Crippen molar-refractivity contribution in [1.29, 1.82) is 0 Å². The van der Waals surface area contributed by atoms with Crippen LogP contribution in [0.15, 0.2) is 54.9 Å². The highest BCUT2D eigenvalue weighted by atomic mass is 15.3. The number of aromatic nitrogens is 7. The third kappa shape index (κ3) is 2.04. The molecule has 0 aliphatic rings. The summed E-state index contributed by atoms with van der Waals surface area (Å²) in [6, 6.07) is 15.7. The molecule has 8 nitrogen and oxygen atoms in total. The maximum atomic E-state index is 6.08. The minimum Gasteiger partial charge on any atom is -0.368 e. The topological polar surface area (TPSA) is 111 Å². The number of hydrogen-bond donors (Lipinski definition) is 2. The molecule has 5 rings (SSSR count). The summed E-state index contributed by atoms with van der Waals surface area (Å²) in [5.74, 6) is 0.289. The van der Waals surface area contributed by atoms with Gasteiger partial charge in [-0.2, -0.15) is 9.61 Å². The Balaban J connectivity index is 1.89. The zero-order valence-corrected chi connectivity index (χ0v) is 13.0. The molecule has 0 aliphatic carbocycles. The maximum Gasteiger partial charge on any atom is 0.223 e. The molecule has 0 atom stereocenters. The Morgan fingerprint density at radius 3 is 2.76 bits per heavy atom. The van der Waals surface area contributed by atoms with Crippen LogP contribution in [-0.2, 0) is 0 Å². The summed E-state index contributed by atoms with van der Waals surface area (Å²) in [5, 5.41) is 15.0. The highest BCUT2D eigenvalue weighted by Crippen LogP contribution is 2.35. The predicted molar refractivity (Wildman–Crippen MR) is 93.5 cm³/mol. The molecule has 8 heteroatoms. The Bertz CT molecular complexity index is 1210. The highest BCUT2D eigenvalue weighted by Gasteiger charge is 2.18. The maximum absolute atomic E-state index is 6.08. The Kier molecular flexibility index (Phi) is 2.78. The van der Waals surface area contributed by atoms with Crippen LogP contribution < -0.4 is 5.73 Å². The van der Waals surface area contributed by atoms with Crippen molar-refractivity contribution < 1.29 is 0 Å². The van der Waals surface area contributed by atoms with E-state index in [1.54, 1.807) is 0 Å². The monoisotopic (exact) mass is 328 g/mol. The van der Waals surface area contributed by atoms with Crippen LogP contribution in [0.4, 0.5) is 5.95 Å². The summed E-state index contributed by atoms with van der Waals surface area (Å²) in [7, 11) is 0. The second-order valence-electron chi connectivity index (χ2n) is 5.60.